The summed E-state index contributed by atoms with van der Waals surface area (Å²) in [5.41, 5.74) is 1.03. The van der Waals surface area contributed by atoms with Crippen molar-refractivity contribution >= 4 is 27.5 Å². The Bertz CT molecular complexity index is 292. The van der Waals surface area contributed by atoms with Crippen LogP contribution in [0.2, 0.25) is 0 Å². The maximum Gasteiger partial charge on any atom is 0.0333 e. The van der Waals surface area contributed by atoms with Crippen molar-refractivity contribution in [2.45, 2.75) is 6.42 Å². The van der Waals surface area contributed by atoms with E-state index in [-0.39, 0.29) is 0 Å². The monoisotopic (exact) mass is 242 g/mol. The first-order chi connectivity index (χ1) is 5.83. The molecule has 0 saturated carbocycles. The largest absolute Gasteiger partial charge is 0.126 e. The molecule has 0 heterocycles. The lowest BCUT2D eigenvalue weighted by Crippen LogP contribution is -1.73. The molecule has 0 amide bonds. The highest BCUT2D eigenvalue weighted by Crippen LogP contribution is 2.09. The maximum absolute atomic E-state index is 5.48. The van der Waals surface area contributed by atoms with Crippen LogP contribution in [0.4, 0.5) is 0 Å². The standard InChI is InChI=1S/C10H8BrCl/c11-10-6-4-9(5-7-10)3-1-2-8-12/h4-7H,2,8H2. The molecule has 12 heavy (non-hydrogen) atoms. The summed E-state index contributed by atoms with van der Waals surface area (Å²) in [7, 11) is 0. The van der Waals surface area contributed by atoms with Gasteiger partial charge in [0.1, 0.15) is 0 Å². The molecule has 0 fully saturated rings. The first kappa shape index (κ1) is 9.64. The number of hydrogen-bond acceptors (Lipinski definition) is 0. The Morgan fingerprint density at radius 2 is 1.92 bits per heavy atom. The van der Waals surface area contributed by atoms with Gasteiger partial charge in [0.15, 0.2) is 0 Å². The van der Waals surface area contributed by atoms with E-state index in [1.54, 1.807) is 0 Å². The number of halogens is 2. The number of benzene rings is 1. The fourth-order valence-corrected chi connectivity index (χ4v) is 1.10. The summed E-state index contributed by atoms with van der Waals surface area (Å²) < 4.78 is 1.07. The molecule has 0 spiro atoms. The molecule has 0 nitrogen and oxygen atoms in total. The van der Waals surface area contributed by atoms with Crippen LogP contribution in [0.5, 0.6) is 0 Å². The summed E-state index contributed by atoms with van der Waals surface area (Å²) in [5.74, 6) is 6.59. The highest BCUT2D eigenvalue weighted by Gasteiger charge is 1.85. The summed E-state index contributed by atoms with van der Waals surface area (Å²) >= 11 is 8.84. The Hall–Kier alpha value is -0.450. The third kappa shape index (κ3) is 3.30. The average Bonchev–Trinajstić information content (AvgIpc) is 2.09. The van der Waals surface area contributed by atoms with Crippen LogP contribution < -0.4 is 0 Å². The molecule has 2 heteroatoms. The van der Waals surface area contributed by atoms with Gasteiger partial charge in [-0.25, -0.2) is 0 Å². The van der Waals surface area contributed by atoms with Crippen molar-refractivity contribution in [3.8, 4) is 11.8 Å². The molecule has 0 aromatic heterocycles. The lowest BCUT2D eigenvalue weighted by molar-refractivity contribution is 1.29. The Morgan fingerprint density at radius 1 is 1.25 bits per heavy atom. The van der Waals surface area contributed by atoms with Gasteiger partial charge < -0.3 is 0 Å². The highest BCUT2D eigenvalue weighted by atomic mass is 79.9. The van der Waals surface area contributed by atoms with Crippen LogP contribution in [0.3, 0.4) is 0 Å². The molecule has 0 aliphatic carbocycles. The Balaban J connectivity index is 2.66. The van der Waals surface area contributed by atoms with Crippen LogP contribution in [0.25, 0.3) is 0 Å². The summed E-state index contributed by atoms with van der Waals surface area (Å²) in [6.45, 7) is 0. The number of alkyl halides is 1. The molecule has 62 valence electrons. The molecular weight excluding hydrogens is 235 g/mol. The average molecular weight is 244 g/mol. The zero-order chi connectivity index (χ0) is 8.81. The minimum Gasteiger partial charge on any atom is -0.126 e. The molecule has 0 unspecified atom stereocenters. The van der Waals surface area contributed by atoms with Gasteiger partial charge in [0.25, 0.3) is 0 Å². The molecule has 0 aliphatic rings. The number of rotatable bonds is 1. The van der Waals surface area contributed by atoms with Crippen LogP contribution in [-0.2, 0) is 0 Å². The normalized spacial score (nSPS) is 8.83. The van der Waals surface area contributed by atoms with Crippen molar-refractivity contribution in [2.75, 3.05) is 5.88 Å². The van der Waals surface area contributed by atoms with E-state index in [0.717, 1.165) is 16.5 Å². The molecule has 0 radical (unpaired) electrons. The molecular formula is C10H8BrCl. The van der Waals surface area contributed by atoms with Gasteiger partial charge in [-0.2, -0.15) is 0 Å². The van der Waals surface area contributed by atoms with E-state index in [1.807, 2.05) is 24.3 Å². The van der Waals surface area contributed by atoms with Crippen LogP contribution in [0, 0.1) is 11.8 Å². The molecule has 0 N–H and O–H groups in total. The Morgan fingerprint density at radius 3 is 2.50 bits per heavy atom. The zero-order valence-electron chi connectivity index (χ0n) is 6.48. The van der Waals surface area contributed by atoms with Gasteiger partial charge in [-0.15, -0.1) is 11.6 Å². The van der Waals surface area contributed by atoms with E-state index in [1.165, 1.54) is 0 Å². The van der Waals surface area contributed by atoms with E-state index in [9.17, 15) is 0 Å². The smallest absolute Gasteiger partial charge is 0.0333 e. The SMILES string of the molecule is ClCCC#Cc1ccc(Br)cc1. The van der Waals surface area contributed by atoms with Gasteiger partial charge in [-0.1, -0.05) is 27.8 Å². The van der Waals surface area contributed by atoms with Crippen LogP contribution in [0.15, 0.2) is 28.7 Å². The zero-order valence-corrected chi connectivity index (χ0v) is 8.82. The topological polar surface area (TPSA) is 0 Å². The molecule has 0 aliphatic heterocycles. The third-order valence-electron chi connectivity index (χ3n) is 1.30. The summed E-state index contributed by atoms with van der Waals surface area (Å²) in [6.07, 6.45) is 0.748. The Kier molecular flexibility index (Phi) is 4.21. The number of hydrogen-bond donors (Lipinski definition) is 0. The van der Waals surface area contributed by atoms with Gasteiger partial charge >= 0.3 is 0 Å². The van der Waals surface area contributed by atoms with Gasteiger partial charge in [-0.3, -0.25) is 0 Å². The van der Waals surface area contributed by atoms with Crippen molar-refractivity contribution < 1.29 is 0 Å². The molecule has 0 saturated heterocycles. The van der Waals surface area contributed by atoms with Crippen molar-refractivity contribution in [1.82, 2.24) is 0 Å². The van der Waals surface area contributed by atoms with Crippen LogP contribution in [0.1, 0.15) is 12.0 Å². The minimum atomic E-state index is 0.601. The summed E-state index contributed by atoms with van der Waals surface area (Å²) in [6, 6.07) is 7.91. The van der Waals surface area contributed by atoms with E-state index in [2.05, 4.69) is 27.8 Å². The first-order valence-corrected chi connectivity index (χ1v) is 4.96. The third-order valence-corrected chi connectivity index (χ3v) is 2.01. The van der Waals surface area contributed by atoms with Crippen molar-refractivity contribution in [1.29, 1.82) is 0 Å². The summed E-state index contributed by atoms with van der Waals surface area (Å²) in [5, 5.41) is 0. The predicted molar refractivity (Wildman–Crippen MR) is 56.4 cm³/mol. The highest BCUT2D eigenvalue weighted by molar-refractivity contribution is 9.10. The second kappa shape index (κ2) is 5.24. The van der Waals surface area contributed by atoms with Crippen molar-refractivity contribution in [2.24, 2.45) is 0 Å². The first-order valence-electron chi connectivity index (χ1n) is 3.63. The van der Waals surface area contributed by atoms with Crippen LogP contribution in [-0.4, -0.2) is 5.88 Å². The van der Waals surface area contributed by atoms with E-state index in [4.69, 9.17) is 11.6 Å². The van der Waals surface area contributed by atoms with E-state index in [0.29, 0.717) is 5.88 Å². The van der Waals surface area contributed by atoms with Gasteiger partial charge in [0.2, 0.25) is 0 Å². The second-order valence-electron chi connectivity index (χ2n) is 2.25. The lowest BCUT2D eigenvalue weighted by Gasteiger charge is -1.89. The van der Waals surface area contributed by atoms with E-state index < -0.39 is 0 Å². The molecule has 1 aromatic carbocycles. The molecule has 0 atom stereocenters. The van der Waals surface area contributed by atoms with Gasteiger partial charge in [0, 0.05) is 22.3 Å². The van der Waals surface area contributed by atoms with E-state index >= 15 is 0 Å². The van der Waals surface area contributed by atoms with Crippen molar-refractivity contribution in [3.63, 3.8) is 0 Å². The molecule has 0 bridgehead atoms. The summed E-state index contributed by atoms with van der Waals surface area (Å²) in [4.78, 5) is 0. The maximum atomic E-state index is 5.48. The quantitative estimate of drug-likeness (QED) is 0.524. The fraction of sp³-hybridized carbons (Fsp3) is 0.200. The second-order valence-corrected chi connectivity index (χ2v) is 3.54. The van der Waals surface area contributed by atoms with Crippen molar-refractivity contribution in [3.05, 3.63) is 34.3 Å². The lowest BCUT2D eigenvalue weighted by atomic mass is 10.2. The molecule has 1 rings (SSSR count). The Labute approximate surface area is 86.1 Å². The van der Waals surface area contributed by atoms with Gasteiger partial charge in [-0.05, 0) is 24.3 Å². The minimum absolute atomic E-state index is 0.601. The fourth-order valence-electron chi connectivity index (χ4n) is 0.745. The molecule has 1 aromatic rings. The predicted octanol–water partition coefficient (Wildman–Crippen LogP) is 3.43. The van der Waals surface area contributed by atoms with Gasteiger partial charge in [0.05, 0.1) is 0 Å². The van der Waals surface area contributed by atoms with Crippen LogP contribution >= 0.6 is 27.5 Å².